The summed E-state index contributed by atoms with van der Waals surface area (Å²) < 4.78 is 2.22. The number of aryl methyl sites for hydroxylation is 2. The third-order valence-electron chi connectivity index (χ3n) is 5.34. The fourth-order valence-corrected chi connectivity index (χ4v) is 7.16. The molecule has 150 valence electrons. The van der Waals surface area contributed by atoms with Crippen LogP contribution in [0.2, 0.25) is 0 Å². The van der Waals surface area contributed by atoms with Gasteiger partial charge < -0.3 is 0 Å². The fourth-order valence-electron chi connectivity index (χ4n) is 3.82. The van der Waals surface area contributed by atoms with Gasteiger partial charge in [0.1, 0.15) is 4.83 Å². The summed E-state index contributed by atoms with van der Waals surface area (Å²) in [5.41, 5.74) is 3.79. The van der Waals surface area contributed by atoms with E-state index in [0.717, 1.165) is 38.7 Å². The van der Waals surface area contributed by atoms with Crippen LogP contribution < -0.4 is 0 Å². The molecule has 0 amide bonds. The van der Waals surface area contributed by atoms with E-state index in [4.69, 9.17) is 4.98 Å². The van der Waals surface area contributed by atoms with Crippen molar-refractivity contribution in [1.82, 2.24) is 19.6 Å². The predicted octanol–water partition coefficient (Wildman–Crippen LogP) is 6.40. The van der Waals surface area contributed by atoms with Gasteiger partial charge >= 0.3 is 0 Å². The van der Waals surface area contributed by atoms with Crippen molar-refractivity contribution in [1.29, 1.82) is 0 Å². The summed E-state index contributed by atoms with van der Waals surface area (Å²) in [6.45, 7) is 2.23. The summed E-state index contributed by atoms with van der Waals surface area (Å²) in [6, 6.07) is 10.6. The molecule has 7 heteroatoms. The van der Waals surface area contributed by atoms with Crippen molar-refractivity contribution in [2.75, 3.05) is 5.75 Å². The Balaban J connectivity index is 1.61. The maximum atomic E-state index is 5.14. The molecule has 0 saturated carbocycles. The zero-order valence-electron chi connectivity index (χ0n) is 16.6. The van der Waals surface area contributed by atoms with Crippen molar-refractivity contribution in [2.45, 2.75) is 61.5 Å². The first-order valence-corrected chi connectivity index (χ1v) is 13.1. The molecule has 0 unspecified atom stereocenters. The van der Waals surface area contributed by atoms with E-state index < -0.39 is 0 Å². The molecule has 0 N–H and O–H groups in total. The molecule has 0 aliphatic heterocycles. The van der Waals surface area contributed by atoms with Gasteiger partial charge in [0, 0.05) is 16.4 Å². The second-order valence-electron chi connectivity index (χ2n) is 7.40. The Morgan fingerprint density at radius 1 is 1.03 bits per heavy atom. The van der Waals surface area contributed by atoms with Gasteiger partial charge in [-0.1, -0.05) is 67.2 Å². The summed E-state index contributed by atoms with van der Waals surface area (Å²) >= 11 is 5.46. The Hall–Kier alpha value is -1.57. The Morgan fingerprint density at radius 2 is 1.90 bits per heavy atom. The van der Waals surface area contributed by atoms with Crippen molar-refractivity contribution in [3.8, 4) is 0 Å². The lowest BCUT2D eigenvalue weighted by Crippen LogP contribution is -2.01. The second kappa shape index (κ2) is 8.66. The molecule has 0 bridgehead atoms. The average molecular weight is 441 g/mol. The largest absolute Gasteiger partial charge is 0.247 e. The van der Waals surface area contributed by atoms with Crippen molar-refractivity contribution in [3.63, 3.8) is 0 Å². The molecule has 0 fully saturated rings. The number of nitrogens with zero attached hydrogens (tertiary/aromatic N) is 4. The molecule has 3 aromatic heterocycles. The maximum absolute atomic E-state index is 5.14. The predicted molar refractivity (Wildman–Crippen MR) is 124 cm³/mol. The molecule has 29 heavy (non-hydrogen) atoms. The van der Waals surface area contributed by atoms with E-state index in [0.29, 0.717) is 0 Å². The SMILES string of the molecule is CCCCSc1nnc2c3c4c(sc3nc(SCc3ccccc3)n12)CCCC4. The van der Waals surface area contributed by atoms with Crippen molar-refractivity contribution >= 4 is 50.7 Å². The molecule has 1 aromatic carbocycles. The standard InChI is InChI=1S/C22H24N4S3/c1-2-3-13-27-22-25-24-19-18-16-11-7-8-12-17(16)29-20(18)23-21(26(19)22)28-14-15-9-5-4-6-10-15/h4-6,9-10H,2-3,7-8,11-14H2,1H3. The van der Waals surface area contributed by atoms with Crippen molar-refractivity contribution in [2.24, 2.45) is 0 Å². The van der Waals surface area contributed by atoms with E-state index in [1.165, 1.54) is 53.5 Å². The average Bonchev–Trinajstić information content (AvgIpc) is 3.34. The summed E-state index contributed by atoms with van der Waals surface area (Å²) in [4.78, 5) is 7.78. The van der Waals surface area contributed by atoms with E-state index in [2.05, 4.69) is 51.9 Å². The number of aromatic nitrogens is 4. The molecule has 3 heterocycles. The smallest absolute Gasteiger partial charge is 0.197 e. The molecule has 4 nitrogen and oxygen atoms in total. The highest BCUT2D eigenvalue weighted by Gasteiger charge is 2.23. The van der Waals surface area contributed by atoms with E-state index in [1.54, 1.807) is 23.5 Å². The molecule has 0 spiro atoms. The number of fused-ring (bicyclic) bond motifs is 5. The Bertz CT molecular complexity index is 1130. The van der Waals surface area contributed by atoms with Crippen LogP contribution in [0.4, 0.5) is 0 Å². The van der Waals surface area contributed by atoms with Gasteiger partial charge in [0.15, 0.2) is 16.0 Å². The Labute approximate surface area is 183 Å². The van der Waals surface area contributed by atoms with Gasteiger partial charge in [0.2, 0.25) is 0 Å². The molecule has 4 aromatic rings. The van der Waals surface area contributed by atoms with E-state index in [1.807, 2.05) is 11.3 Å². The molecular formula is C22H24N4S3. The quantitative estimate of drug-likeness (QED) is 0.189. The minimum absolute atomic E-state index is 0.900. The van der Waals surface area contributed by atoms with Crippen LogP contribution in [-0.4, -0.2) is 25.3 Å². The number of hydrogen-bond donors (Lipinski definition) is 0. The van der Waals surface area contributed by atoms with Gasteiger partial charge in [-0.25, -0.2) is 9.38 Å². The van der Waals surface area contributed by atoms with Gasteiger partial charge in [-0.15, -0.1) is 21.5 Å². The van der Waals surface area contributed by atoms with Crippen LogP contribution in [0.25, 0.3) is 15.9 Å². The fraction of sp³-hybridized carbons (Fsp3) is 0.409. The Kier molecular flexibility index (Phi) is 5.79. The van der Waals surface area contributed by atoms with Crippen LogP contribution in [0.1, 0.15) is 48.6 Å². The van der Waals surface area contributed by atoms with Crippen LogP contribution >= 0.6 is 34.9 Å². The van der Waals surface area contributed by atoms with E-state index in [-0.39, 0.29) is 0 Å². The summed E-state index contributed by atoms with van der Waals surface area (Å²) in [5, 5.41) is 12.5. The van der Waals surface area contributed by atoms with Crippen LogP contribution in [0.3, 0.4) is 0 Å². The number of benzene rings is 1. The van der Waals surface area contributed by atoms with Gasteiger partial charge in [-0.05, 0) is 43.2 Å². The minimum Gasteiger partial charge on any atom is -0.247 e. The topological polar surface area (TPSA) is 43.1 Å². The zero-order chi connectivity index (χ0) is 19.6. The van der Waals surface area contributed by atoms with E-state index >= 15 is 0 Å². The lowest BCUT2D eigenvalue weighted by atomic mass is 9.97. The van der Waals surface area contributed by atoms with Crippen molar-refractivity contribution in [3.05, 3.63) is 46.3 Å². The van der Waals surface area contributed by atoms with Crippen LogP contribution in [0.5, 0.6) is 0 Å². The molecule has 0 radical (unpaired) electrons. The lowest BCUT2D eigenvalue weighted by Gasteiger charge is -2.11. The molecular weight excluding hydrogens is 416 g/mol. The van der Waals surface area contributed by atoms with Gasteiger partial charge in [-0.2, -0.15) is 0 Å². The summed E-state index contributed by atoms with van der Waals surface area (Å²) in [7, 11) is 0. The summed E-state index contributed by atoms with van der Waals surface area (Å²) in [6.07, 6.45) is 7.27. The van der Waals surface area contributed by atoms with Gasteiger partial charge in [0.25, 0.3) is 0 Å². The number of rotatable bonds is 7. The lowest BCUT2D eigenvalue weighted by molar-refractivity contribution is 0.700. The van der Waals surface area contributed by atoms with Gasteiger partial charge in [-0.3, -0.25) is 0 Å². The van der Waals surface area contributed by atoms with Crippen LogP contribution in [0.15, 0.2) is 40.6 Å². The second-order valence-corrected chi connectivity index (χ2v) is 10.5. The first kappa shape index (κ1) is 19.4. The minimum atomic E-state index is 0.900. The normalized spacial score (nSPS) is 14.0. The number of thioether (sulfide) groups is 2. The molecule has 1 aliphatic carbocycles. The Morgan fingerprint density at radius 3 is 2.76 bits per heavy atom. The molecule has 0 saturated heterocycles. The van der Waals surface area contributed by atoms with Gasteiger partial charge in [0.05, 0.1) is 5.39 Å². The van der Waals surface area contributed by atoms with Crippen molar-refractivity contribution < 1.29 is 0 Å². The monoisotopic (exact) mass is 440 g/mol. The highest BCUT2D eigenvalue weighted by molar-refractivity contribution is 7.99. The number of unbranched alkanes of at least 4 members (excludes halogenated alkanes) is 1. The first-order valence-electron chi connectivity index (χ1n) is 10.3. The third-order valence-corrected chi connectivity index (χ3v) is 8.55. The third kappa shape index (κ3) is 3.80. The zero-order valence-corrected chi connectivity index (χ0v) is 19.0. The highest BCUT2D eigenvalue weighted by atomic mass is 32.2. The molecule has 0 atom stereocenters. The number of hydrogen-bond acceptors (Lipinski definition) is 6. The molecule has 5 rings (SSSR count). The van der Waals surface area contributed by atoms with Crippen LogP contribution in [0, 0.1) is 0 Å². The molecule has 1 aliphatic rings. The summed E-state index contributed by atoms with van der Waals surface area (Å²) in [5.74, 6) is 1.97. The first-order chi connectivity index (χ1) is 14.3. The maximum Gasteiger partial charge on any atom is 0.197 e. The number of thiophene rings is 1. The van der Waals surface area contributed by atoms with E-state index in [9.17, 15) is 0 Å². The highest BCUT2D eigenvalue weighted by Crippen LogP contribution is 2.40. The van der Waals surface area contributed by atoms with Crippen LogP contribution in [-0.2, 0) is 18.6 Å².